The molecule has 7 heteroatoms. The second-order valence-corrected chi connectivity index (χ2v) is 8.43. The van der Waals surface area contributed by atoms with Gasteiger partial charge in [0.05, 0.1) is 12.5 Å². The molecular weight excluding hydrogens is 364 g/mol. The maximum absolute atomic E-state index is 13.0. The number of aromatic amines is 1. The maximum Gasteiger partial charge on any atom is 0.227 e. The summed E-state index contributed by atoms with van der Waals surface area (Å²) < 4.78 is 0. The standard InChI is InChI=1S/C22H32N6O/c1-26(17-21-24-10-11-25-21)22(29)19-3-2-12-28(16-19)20-6-13-27(14-7-20)15-18-4-8-23-9-5-18/h4-5,8-11,19-20H,2-3,6-7,12-17H2,1H3,(H,24,25)/t19-/m1/s1. The van der Waals surface area contributed by atoms with Crippen LogP contribution in [0.3, 0.4) is 0 Å². The van der Waals surface area contributed by atoms with Gasteiger partial charge in [0.25, 0.3) is 0 Å². The zero-order valence-electron chi connectivity index (χ0n) is 17.3. The van der Waals surface area contributed by atoms with Crippen molar-refractivity contribution in [2.24, 2.45) is 5.92 Å². The number of aromatic nitrogens is 3. The summed E-state index contributed by atoms with van der Waals surface area (Å²) in [5.74, 6) is 1.20. The minimum Gasteiger partial charge on any atom is -0.347 e. The fourth-order valence-corrected chi connectivity index (χ4v) is 4.73. The van der Waals surface area contributed by atoms with Crippen molar-refractivity contribution in [3.8, 4) is 0 Å². The zero-order valence-corrected chi connectivity index (χ0v) is 17.3. The van der Waals surface area contributed by atoms with Crippen molar-refractivity contribution in [1.82, 2.24) is 29.7 Å². The Labute approximate surface area is 173 Å². The lowest BCUT2D eigenvalue weighted by Gasteiger charge is -2.42. The Morgan fingerprint density at radius 3 is 2.69 bits per heavy atom. The van der Waals surface area contributed by atoms with Gasteiger partial charge in [0.15, 0.2) is 0 Å². The molecule has 0 aromatic carbocycles. The molecule has 0 bridgehead atoms. The number of carbonyl (C=O) groups excluding carboxylic acids is 1. The van der Waals surface area contributed by atoms with Gasteiger partial charge in [0, 0.05) is 51.0 Å². The van der Waals surface area contributed by atoms with E-state index < -0.39 is 0 Å². The number of hydrogen-bond acceptors (Lipinski definition) is 5. The molecule has 2 saturated heterocycles. The van der Waals surface area contributed by atoms with Crippen LogP contribution >= 0.6 is 0 Å². The topological polar surface area (TPSA) is 68.4 Å². The van der Waals surface area contributed by atoms with E-state index in [2.05, 4.69) is 36.9 Å². The van der Waals surface area contributed by atoms with Crippen LogP contribution in [0.1, 0.15) is 37.1 Å². The second-order valence-electron chi connectivity index (χ2n) is 8.43. The number of rotatable bonds is 6. The van der Waals surface area contributed by atoms with Gasteiger partial charge in [-0.2, -0.15) is 0 Å². The monoisotopic (exact) mass is 396 g/mol. The van der Waals surface area contributed by atoms with Crippen molar-refractivity contribution in [2.45, 2.75) is 44.8 Å². The van der Waals surface area contributed by atoms with Crippen LogP contribution in [0.2, 0.25) is 0 Å². The molecule has 29 heavy (non-hydrogen) atoms. The van der Waals surface area contributed by atoms with Gasteiger partial charge in [-0.15, -0.1) is 0 Å². The molecule has 0 saturated carbocycles. The average molecular weight is 397 g/mol. The van der Waals surface area contributed by atoms with Crippen molar-refractivity contribution in [3.63, 3.8) is 0 Å². The lowest BCUT2D eigenvalue weighted by atomic mass is 9.93. The summed E-state index contributed by atoms with van der Waals surface area (Å²) in [6.45, 7) is 5.84. The Morgan fingerprint density at radius 1 is 1.17 bits per heavy atom. The second kappa shape index (κ2) is 9.50. The summed E-state index contributed by atoms with van der Waals surface area (Å²) in [4.78, 5) is 31.3. The van der Waals surface area contributed by atoms with E-state index >= 15 is 0 Å². The SMILES string of the molecule is CN(Cc1ncc[nH]1)C(=O)[C@@H]1CCCN(C2CCN(Cc3ccncc3)CC2)C1. The van der Waals surface area contributed by atoms with Crippen molar-refractivity contribution in [2.75, 3.05) is 33.2 Å². The molecule has 7 nitrogen and oxygen atoms in total. The van der Waals surface area contributed by atoms with E-state index in [1.54, 1.807) is 12.4 Å². The molecule has 156 valence electrons. The van der Waals surface area contributed by atoms with Gasteiger partial charge in [-0.3, -0.25) is 19.6 Å². The van der Waals surface area contributed by atoms with Crippen molar-refractivity contribution < 1.29 is 4.79 Å². The molecule has 2 fully saturated rings. The fraction of sp³-hybridized carbons (Fsp3) is 0.591. The van der Waals surface area contributed by atoms with Crippen molar-refractivity contribution in [1.29, 1.82) is 0 Å². The molecule has 1 N–H and O–H groups in total. The number of imidazole rings is 1. The highest BCUT2D eigenvalue weighted by atomic mass is 16.2. The highest BCUT2D eigenvalue weighted by Crippen LogP contribution is 2.25. The molecule has 2 aliphatic heterocycles. The van der Waals surface area contributed by atoms with E-state index in [0.29, 0.717) is 12.6 Å². The van der Waals surface area contributed by atoms with Crippen molar-refractivity contribution in [3.05, 3.63) is 48.3 Å². The van der Waals surface area contributed by atoms with E-state index in [4.69, 9.17) is 0 Å². The van der Waals surface area contributed by atoms with Crippen LogP contribution < -0.4 is 0 Å². The van der Waals surface area contributed by atoms with E-state index in [9.17, 15) is 4.79 Å². The number of amides is 1. The molecule has 2 aromatic rings. The first-order valence-electron chi connectivity index (χ1n) is 10.8. The number of pyridine rings is 1. The molecule has 0 unspecified atom stereocenters. The normalized spacial score (nSPS) is 21.9. The van der Waals surface area contributed by atoms with Gasteiger partial charge in [0.1, 0.15) is 5.82 Å². The fourth-order valence-electron chi connectivity index (χ4n) is 4.73. The third kappa shape index (κ3) is 5.22. The maximum atomic E-state index is 13.0. The zero-order chi connectivity index (χ0) is 20.1. The molecule has 4 heterocycles. The average Bonchev–Trinajstić information content (AvgIpc) is 3.27. The van der Waals surface area contributed by atoms with Gasteiger partial charge in [-0.25, -0.2) is 4.98 Å². The van der Waals surface area contributed by atoms with Gasteiger partial charge < -0.3 is 9.88 Å². The summed E-state index contributed by atoms with van der Waals surface area (Å²) in [6.07, 6.45) is 11.8. The minimum absolute atomic E-state index is 0.110. The first-order chi connectivity index (χ1) is 14.2. The number of nitrogens with one attached hydrogen (secondary N) is 1. The van der Waals surface area contributed by atoms with Crippen LogP contribution in [-0.2, 0) is 17.9 Å². The van der Waals surface area contributed by atoms with Crippen LogP contribution in [0, 0.1) is 5.92 Å². The summed E-state index contributed by atoms with van der Waals surface area (Å²) in [5.41, 5.74) is 1.33. The van der Waals surface area contributed by atoms with Gasteiger partial charge in [0.2, 0.25) is 5.91 Å². The lowest BCUT2D eigenvalue weighted by molar-refractivity contribution is -0.137. The quantitative estimate of drug-likeness (QED) is 0.810. The number of likely N-dealkylation sites (tertiary alicyclic amines) is 2. The highest BCUT2D eigenvalue weighted by Gasteiger charge is 2.32. The Morgan fingerprint density at radius 2 is 1.97 bits per heavy atom. The first kappa shape index (κ1) is 20.0. The van der Waals surface area contributed by atoms with Crippen LogP contribution in [0.15, 0.2) is 36.9 Å². The Hall–Kier alpha value is -2.25. The molecule has 4 rings (SSSR count). The first-order valence-corrected chi connectivity index (χ1v) is 10.8. The largest absolute Gasteiger partial charge is 0.347 e. The van der Waals surface area contributed by atoms with Crippen LogP contribution in [0.5, 0.6) is 0 Å². The molecule has 0 radical (unpaired) electrons. The van der Waals surface area contributed by atoms with E-state index in [1.165, 1.54) is 18.4 Å². The Bertz CT molecular complexity index is 757. The van der Waals surface area contributed by atoms with Crippen molar-refractivity contribution >= 4 is 5.91 Å². The van der Waals surface area contributed by atoms with Gasteiger partial charge >= 0.3 is 0 Å². The third-order valence-electron chi connectivity index (χ3n) is 6.35. The molecule has 2 aliphatic rings. The molecular formula is C22H32N6O. The Balaban J connectivity index is 1.26. The minimum atomic E-state index is 0.110. The number of nitrogens with zero attached hydrogens (tertiary/aromatic N) is 5. The van der Waals surface area contributed by atoms with E-state index in [0.717, 1.165) is 51.4 Å². The number of hydrogen-bond donors (Lipinski definition) is 1. The highest BCUT2D eigenvalue weighted by molar-refractivity contribution is 5.78. The summed E-state index contributed by atoms with van der Waals surface area (Å²) >= 11 is 0. The molecule has 1 amide bonds. The predicted octanol–water partition coefficient (Wildman–Crippen LogP) is 2.14. The third-order valence-corrected chi connectivity index (χ3v) is 6.35. The number of H-pyrrole nitrogens is 1. The number of carbonyl (C=O) groups is 1. The molecule has 0 spiro atoms. The molecule has 0 aliphatic carbocycles. The summed E-state index contributed by atoms with van der Waals surface area (Å²) in [7, 11) is 1.89. The Kier molecular flexibility index (Phi) is 6.56. The van der Waals surface area contributed by atoms with Crippen LogP contribution in [-0.4, -0.2) is 74.8 Å². The number of piperidine rings is 2. The van der Waals surface area contributed by atoms with Gasteiger partial charge in [-0.05, 0) is 63.0 Å². The summed E-state index contributed by atoms with van der Waals surface area (Å²) in [6, 6.07) is 4.81. The summed E-state index contributed by atoms with van der Waals surface area (Å²) in [5, 5.41) is 0. The van der Waals surface area contributed by atoms with E-state index in [1.807, 2.05) is 24.3 Å². The molecule has 2 aromatic heterocycles. The lowest BCUT2D eigenvalue weighted by Crippen LogP contribution is -2.50. The van der Waals surface area contributed by atoms with Crippen LogP contribution in [0.25, 0.3) is 0 Å². The predicted molar refractivity (Wildman–Crippen MR) is 112 cm³/mol. The smallest absolute Gasteiger partial charge is 0.227 e. The van der Waals surface area contributed by atoms with E-state index in [-0.39, 0.29) is 11.8 Å². The molecule has 1 atom stereocenters. The van der Waals surface area contributed by atoms with Crippen LogP contribution in [0.4, 0.5) is 0 Å². The van der Waals surface area contributed by atoms with Gasteiger partial charge in [-0.1, -0.05) is 0 Å².